The van der Waals surface area contributed by atoms with E-state index in [0.29, 0.717) is 5.41 Å². The molecule has 0 spiro atoms. The molecule has 2 aliphatic rings. The lowest BCUT2D eigenvalue weighted by Crippen LogP contribution is -2.32. The molecule has 0 amide bonds. The second-order valence-electron chi connectivity index (χ2n) is 9.88. The van der Waals surface area contributed by atoms with Crippen molar-refractivity contribution in [3.05, 3.63) is 78.9 Å². The van der Waals surface area contributed by atoms with Crippen LogP contribution in [-0.4, -0.2) is 12.5 Å². The van der Waals surface area contributed by atoms with Gasteiger partial charge in [-0.1, -0.05) is 61.5 Å². The van der Waals surface area contributed by atoms with Gasteiger partial charge < -0.3 is 9.07 Å². The highest BCUT2D eigenvalue weighted by Gasteiger charge is 2.68. The number of benzene rings is 4. The summed E-state index contributed by atoms with van der Waals surface area (Å²) >= 11 is 0. The number of hydrogen-bond donors (Lipinski definition) is 0. The standard InChI is InChI=1S/C28H23BO2/c1-27-16-28(27,2)31-29(17-27)21-11-7-18(8-12-21)19-9-13-22-20(15-19)10-14-24-23-5-3-4-6-25(23)30-26(22)24/h3-15H,16-17H2,1-2H3. The van der Waals surface area contributed by atoms with Gasteiger partial charge in [-0.25, -0.2) is 0 Å². The van der Waals surface area contributed by atoms with E-state index < -0.39 is 0 Å². The fourth-order valence-electron chi connectivity index (χ4n) is 5.70. The Bertz CT molecular complexity index is 1480. The van der Waals surface area contributed by atoms with E-state index in [1.807, 2.05) is 12.1 Å². The van der Waals surface area contributed by atoms with Crippen LogP contribution >= 0.6 is 0 Å². The molecule has 4 aromatic carbocycles. The first kappa shape index (κ1) is 17.6. The second kappa shape index (κ2) is 5.80. The third kappa shape index (κ3) is 2.44. The van der Waals surface area contributed by atoms with Crippen molar-refractivity contribution in [3.63, 3.8) is 0 Å². The van der Waals surface area contributed by atoms with Gasteiger partial charge in [-0.05, 0) is 71.3 Å². The third-order valence-corrected chi connectivity index (χ3v) is 7.89. The molecule has 2 heterocycles. The monoisotopic (exact) mass is 402 g/mol. The molecule has 0 radical (unpaired) electrons. The van der Waals surface area contributed by atoms with Crippen LogP contribution in [0.15, 0.2) is 83.3 Å². The quantitative estimate of drug-likeness (QED) is 0.303. The zero-order chi connectivity index (χ0) is 20.8. The SMILES string of the molecule is CC12CB(c3ccc(-c4ccc5c(ccc6c7ccccc7oc56)c4)cc3)OC1(C)C2. The van der Waals surface area contributed by atoms with E-state index in [1.54, 1.807) is 0 Å². The molecule has 1 aliphatic carbocycles. The Kier molecular flexibility index (Phi) is 3.30. The van der Waals surface area contributed by atoms with Gasteiger partial charge in [0.2, 0.25) is 0 Å². The van der Waals surface area contributed by atoms with Crippen LogP contribution in [0.25, 0.3) is 43.8 Å². The molecule has 2 fully saturated rings. The summed E-state index contributed by atoms with van der Waals surface area (Å²) < 4.78 is 12.6. The van der Waals surface area contributed by atoms with Crippen molar-refractivity contribution < 1.29 is 9.07 Å². The molecule has 1 aromatic heterocycles. The minimum atomic E-state index is 0.0939. The van der Waals surface area contributed by atoms with Gasteiger partial charge in [0.05, 0.1) is 5.60 Å². The summed E-state index contributed by atoms with van der Waals surface area (Å²) in [6.07, 6.45) is 2.33. The van der Waals surface area contributed by atoms with Gasteiger partial charge in [-0.3, -0.25) is 0 Å². The van der Waals surface area contributed by atoms with Gasteiger partial charge in [0.15, 0.2) is 0 Å². The maximum Gasteiger partial charge on any atom is 0.327 e. The lowest BCUT2D eigenvalue weighted by Gasteiger charge is -2.13. The van der Waals surface area contributed by atoms with Crippen LogP contribution < -0.4 is 5.46 Å². The van der Waals surface area contributed by atoms with Crippen molar-refractivity contribution in [2.24, 2.45) is 5.41 Å². The van der Waals surface area contributed by atoms with Crippen LogP contribution in [-0.2, 0) is 4.65 Å². The molecule has 5 aromatic rings. The normalized spacial score (nSPS) is 24.9. The molecule has 7 rings (SSSR count). The molecule has 3 heteroatoms. The maximum absolute atomic E-state index is 6.37. The zero-order valence-electron chi connectivity index (χ0n) is 17.8. The summed E-state index contributed by atoms with van der Waals surface area (Å²) in [6, 6.07) is 28.2. The Morgan fingerprint density at radius 1 is 0.774 bits per heavy atom. The predicted molar refractivity (Wildman–Crippen MR) is 129 cm³/mol. The predicted octanol–water partition coefficient (Wildman–Crippen LogP) is 6.80. The summed E-state index contributed by atoms with van der Waals surface area (Å²) in [4.78, 5) is 0. The molecular formula is C28H23BO2. The Hall–Kier alpha value is -3.04. The molecule has 1 saturated heterocycles. The molecule has 150 valence electrons. The van der Waals surface area contributed by atoms with Gasteiger partial charge in [-0.2, -0.15) is 0 Å². The average Bonchev–Trinajstić information content (AvgIpc) is 3.06. The van der Waals surface area contributed by atoms with E-state index in [0.717, 1.165) is 22.9 Å². The average molecular weight is 402 g/mol. The number of fused-ring (bicyclic) bond motifs is 6. The van der Waals surface area contributed by atoms with Crippen LogP contribution in [0.2, 0.25) is 6.32 Å². The molecule has 2 nitrogen and oxygen atoms in total. The first-order valence-electron chi connectivity index (χ1n) is 11.2. The molecule has 0 N–H and O–H groups in total. The van der Waals surface area contributed by atoms with Gasteiger partial charge >= 0.3 is 6.92 Å². The van der Waals surface area contributed by atoms with E-state index in [-0.39, 0.29) is 12.5 Å². The van der Waals surface area contributed by atoms with Gasteiger partial charge in [0.25, 0.3) is 0 Å². The van der Waals surface area contributed by atoms with Crippen molar-refractivity contribution >= 4 is 45.1 Å². The van der Waals surface area contributed by atoms with E-state index in [1.165, 1.54) is 39.2 Å². The Morgan fingerprint density at radius 2 is 1.55 bits per heavy atom. The molecule has 2 atom stereocenters. The topological polar surface area (TPSA) is 22.4 Å². The molecule has 1 saturated carbocycles. The highest BCUT2D eigenvalue weighted by Crippen LogP contribution is 2.66. The summed E-state index contributed by atoms with van der Waals surface area (Å²) in [5, 5.41) is 4.72. The van der Waals surface area contributed by atoms with E-state index in [2.05, 4.69) is 80.6 Å². The van der Waals surface area contributed by atoms with E-state index >= 15 is 0 Å². The van der Waals surface area contributed by atoms with Crippen LogP contribution in [0, 0.1) is 5.41 Å². The van der Waals surface area contributed by atoms with Crippen molar-refractivity contribution in [2.45, 2.75) is 32.2 Å². The Labute approximate surface area is 181 Å². The molecule has 1 aliphatic heterocycles. The van der Waals surface area contributed by atoms with Crippen LogP contribution in [0.5, 0.6) is 0 Å². The van der Waals surface area contributed by atoms with E-state index in [4.69, 9.17) is 9.07 Å². The van der Waals surface area contributed by atoms with Crippen molar-refractivity contribution in [1.29, 1.82) is 0 Å². The first-order valence-corrected chi connectivity index (χ1v) is 11.2. The number of para-hydroxylation sites is 1. The molecule has 31 heavy (non-hydrogen) atoms. The van der Waals surface area contributed by atoms with Crippen molar-refractivity contribution in [2.75, 3.05) is 0 Å². The van der Waals surface area contributed by atoms with Gasteiger partial charge in [-0.15, -0.1) is 0 Å². The number of hydrogen-bond acceptors (Lipinski definition) is 2. The first-order chi connectivity index (χ1) is 15.0. The molecule has 0 bridgehead atoms. The maximum atomic E-state index is 6.37. The molecule has 2 unspecified atom stereocenters. The van der Waals surface area contributed by atoms with Crippen molar-refractivity contribution in [1.82, 2.24) is 0 Å². The van der Waals surface area contributed by atoms with E-state index in [9.17, 15) is 0 Å². The number of furan rings is 1. The van der Waals surface area contributed by atoms with Crippen LogP contribution in [0.1, 0.15) is 20.3 Å². The highest BCUT2D eigenvalue weighted by atomic mass is 16.5. The largest absolute Gasteiger partial charge is 0.455 e. The lowest BCUT2D eigenvalue weighted by atomic mass is 9.56. The highest BCUT2D eigenvalue weighted by molar-refractivity contribution is 6.68. The fourth-order valence-corrected chi connectivity index (χ4v) is 5.70. The van der Waals surface area contributed by atoms with Gasteiger partial charge in [0.1, 0.15) is 11.2 Å². The second-order valence-corrected chi connectivity index (χ2v) is 9.88. The fraction of sp³-hybridized carbons (Fsp3) is 0.214. The summed E-state index contributed by atoms with van der Waals surface area (Å²) in [5.41, 5.74) is 6.13. The lowest BCUT2D eigenvalue weighted by molar-refractivity contribution is 0.194. The van der Waals surface area contributed by atoms with Crippen LogP contribution in [0.4, 0.5) is 0 Å². The summed E-state index contributed by atoms with van der Waals surface area (Å²) in [7, 11) is 0. The minimum absolute atomic E-state index is 0.0939. The minimum Gasteiger partial charge on any atom is -0.455 e. The Morgan fingerprint density at radius 3 is 2.35 bits per heavy atom. The van der Waals surface area contributed by atoms with Crippen molar-refractivity contribution in [3.8, 4) is 11.1 Å². The summed E-state index contributed by atoms with van der Waals surface area (Å²) in [5.74, 6) is 0. The number of rotatable bonds is 2. The zero-order valence-corrected chi connectivity index (χ0v) is 17.8. The van der Waals surface area contributed by atoms with Crippen LogP contribution in [0.3, 0.4) is 0 Å². The summed E-state index contributed by atoms with van der Waals surface area (Å²) in [6.45, 7) is 4.85. The smallest absolute Gasteiger partial charge is 0.327 e. The molecular weight excluding hydrogens is 379 g/mol. The Balaban J connectivity index is 1.25. The third-order valence-electron chi connectivity index (χ3n) is 7.89. The van der Waals surface area contributed by atoms with Gasteiger partial charge in [0, 0.05) is 16.2 Å².